The number of rotatable bonds is 5. The van der Waals surface area contributed by atoms with Crippen molar-refractivity contribution < 1.29 is 48.5 Å². The molecule has 136 valence electrons. The van der Waals surface area contributed by atoms with Crippen molar-refractivity contribution in [3.63, 3.8) is 0 Å². The zero-order valence-corrected chi connectivity index (χ0v) is 12.7. The average molecular weight is 380 g/mol. The van der Waals surface area contributed by atoms with Crippen LogP contribution in [-0.4, -0.2) is 26.5 Å². The second-order valence-electron chi connectivity index (χ2n) is 4.28. The lowest BCUT2D eigenvalue weighted by Gasteiger charge is -2.15. The van der Waals surface area contributed by atoms with Crippen molar-refractivity contribution in [3.8, 4) is 5.75 Å². The summed E-state index contributed by atoms with van der Waals surface area (Å²) in [5.41, 5.74) is -7.86. The van der Waals surface area contributed by atoms with Gasteiger partial charge in [0.05, 0.1) is 18.6 Å². The van der Waals surface area contributed by atoms with Gasteiger partial charge in [-0.3, -0.25) is 4.79 Å². The number of hydrogen-bond acceptors (Lipinski definition) is 5. The van der Waals surface area contributed by atoms with Crippen LogP contribution in [0.5, 0.6) is 5.75 Å². The van der Waals surface area contributed by atoms with Gasteiger partial charge in [0.2, 0.25) is 0 Å². The topological polar surface area (TPSA) is 69.7 Å². The summed E-state index contributed by atoms with van der Waals surface area (Å²) in [6.45, 7) is 1.27. The number of esters is 1. The molecule has 0 amide bonds. The van der Waals surface area contributed by atoms with Gasteiger partial charge in [-0.25, -0.2) is 0 Å². The van der Waals surface area contributed by atoms with Crippen LogP contribution < -0.4 is 4.18 Å². The van der Waals surface area contributed by atoms with Gasteiger partial charge in [-0.05, 0) is 30.7 Å². The Balaban J connectivity index is 3.26. The molecular formula is C12H10F6O5S. The Morgan fingerprint density at radius 2 is 1.71 bits per heavy atom. The third-order valence-electron chi connectivity index (χ3n) is 2.51. The smallest absolute Gasteiger partial charge is 0.466 e. The largest absolute Gasteiger partial charge is 0.534 e. The Kier molecular flexibility index (Phi) is 5.74. The van der Waals surface area contributed by atoms with Crippen LogP contribution in [0.1, 0.15) is 18.1 Å². The van der Waals surface area contributed by atoms with Crippen LogP contribution in [0.4, 0.5) is 26.3 Å². The van der Waals surface area contributed by atoms with E-state index in [1.807, 2.05) is 0 Å². The molecule has 0 heterocycles. The van der Waals surface area contributed by atoms with Gasteiger partial charge in [0.1, 0.15) is 5.75 Å². The van der Waals surface area contributed by atoms with Crippen molar-refractivity contribution in [1.82, 2.24) is 0 Å². The van der Waals surface area contributed by atoms with Gasteiger partial charge in [-0.2, -0.15) is 34.8 Å². The maximum atomic E-state index is 12.9. The van der Waals surface area contributed by atoms with Crippen LogP contribution in [0.3, 0.4) is 0 Å². The van der Waals surface area contributed by atoms with E-state index in [1.165, 1.54) is 6.92 Å². The second-order valence-corrected chi connectivity index (χ2v) is 5.82. The number of benzene rings is 1. The summed E-state index contributed by atoms with van der Waals surface area (Å²) < 4.78 is 105. The first-order valence-electron chi connectivity index (χ1n) is 6.14. The molecule has 0 saturated carbocycles. The summed E-state index contributed by atoms with van der Waals surface area (Å²) in [6.07, 6.45) is -5.84. The van der Waals surface area contributed by atoms with Crippen LogP contribution in [-0.2, 0) is 32.2 Å². The number of carbonyl (C=O) groups is 1. The maximum absolute atomic E-state index is 12.9. The summed E-state index contributed by atoms with van der Waals surface area (Å²) in [4.78, 5) is 11.3. The first-order valence-corrected chi connectivity index (χ1v) is 7.55. The number of ether oxygens (including phenoxy) is 1. The van der Waals surface area contributed by atoms with Crippen LogP contribution in [0.2, 0.25) is 0 Å². The summed E-state index contributed by atoms with van der Waals surface area (Å²) in [7, 11) is -6.05. The molecule has 0 aromatic heterocycles. The van der Waals surface area contributed by atoms with Gasteiger partial charge >= 0.3 is 27.8 Å². The highest BCUT2D eigenvalue weighted by Crippen LogP contribution is 2.35. The van der Waals surface area contributed by atoms with Gasteiger partial charge in [0, 0.05) is 0 Å². The lowest BCUT2D eigenvalue weighted by atomic mass is 10.0. The molecule has 1 aromatic carbocycles. The maximum Gasteiger partial charge on any atom is 0.534 e. The predicted molar refractivity (Wildman–Crippen MR) is 67.4 cm³/mol. The fourth-order valence-electron chi connectivity index (χ4n) is 1.59. The highest BCUT2D eigenvalue weighted by Gasteiger charge is 2.48. The van der Waals surface area contributed by atoms with Crippen molar-refractivity contribution in [3.05, 3.63) is 29.3 Å². The molecule has 1 rings (SSSR count). The SMILES string of the molecule is CCOC(=O)Cc1cc(OS(=O)(=O)C(F)(F)F)ccc1C(F)(F)F. The van der Waals surface area contributed by atoms with Gasteiger partial charge in [-0.15, -0.1) is 0 Å². The lowest BCUT2D eigenvalue weighted by molar-refractivity contribution is -0.143. The average Bonchev–Trinajstić information content (AvgIpc) is 2.35. The molecule has 0 spiro atoms. The second kappa shape index (κ2) is 6.87. The lowest BCUT2D eigenvalue weighted by Crippen LogP contribution is -2.28. The molecule has 0 aliphatic carbocycles. The fourth-order valence-corrected chi connectivity index (χ4v) is 2.04. The Labute approximate surface area is 132 Å². The summed E-state index contributed by atoms with van der Waals surface area (Å²) >= 11 is 0. The molecule has 0 bridgehead atoms. The van der Waals surface area contributed by atoms with Crippen molar-refractivity contribution >= 4 is 16.1 Å². The quantitative estimate of drug-likeness (QED) is 0.340. The Morgan fingerprint density at radius 3 is 2.17 bits per heavy atom. The Hall–Kier alpha value is -1.98. The van der Waals surface area contributed by atoms with Crippen molar-refractivity contribution in [2.45, 2.75) is 25.0 Å². The van der Waals surface area contributed by atoms with Crippen LogP contribution in [0.25, 0.3) is 0 Å². The molecule has 24 heavy (non-hydrogen) atoms. The number of alkyl halides is 6. The summed E-state index contributed by atoms with van der Waals surface area (Å²) in [5.74, 6) is -2.08. The molecule has 0 aliphatic rings. The van der Waals surface area contributed by atoms with E-state index in [0.717, 1.165) is 0 Å². The number of carbonyl (C=O) groups excluding carboxylic acids is 1. The van der Waals surface area contributed by atoms with E-state index in [9.17, 15) is 39.6 Å². The molecule has 12 heteroatoms. The zero-order valence-electron chi connectivity index (χ0n) is 11.9. The van der Waals surface area contributed by atoms with Gasteiger partial charge in [-0.1, -0.05) is 0 Å². The summed E-state index contributed by atoms with van der Waals surface area (Å²) in [6, 6.07) is 1.11. The minimum atomic E-state index is -6.05. The van der Waals surface area contributed by atoms with Gasteiger partial charge in [0.25, 0.3) is 0 Å². The molecule has 0 saturated heterocycles. The number of halogens is 6. The zero-order chi connectivity index (χ0) is 18.8. The van der Waals surface area contributed by atoms with Gasteiger partial charge < -0.3 is 8.92 Å². The van der Waals surface area contributed by atoms with Gasteiger partial charge in [0.15, 0.2) is 0 Å². The van der Waals surface area contributed by atoms with E-state index < -0.39 is 51.1 Å². The van der Waals surface area contributed by atoms with E-state index in [0.29, 0.717) is 18.2 Å². The molecule has 1 aromatic rings. The summed E-state index contributed by atoms with van der Waals surface area (Å²) in [5, 5.41) is 0. The van der Waals surface area contributed by atoms with E-state index in [2.05, 4.69) is 8.92 Å². The fraction of sp³-hybridized carbons (Fsp3) is 0.417. The Morgan fingerprint density at radius 1 is 1.12 bits per heavy atom. The highest BCUT2D eigenvalue weighted by atomic mass is 32.2. The molecule has 0 radical (unpaired) electrons. The van der Waals surface area contributed by atoms with Crippen LogP contribution in [0.15, 0.2) is 18.2 Å². The first-order chi connectivity index (χ1) is 10.8. The Bertz CT molecular complexity index is 708. The normalized spacial score (nSPS) is 12.8. The van der Waals surface area contributed by atoms with Crippen molar-refractivity contribution in [2.75, 3.05) is 6.61 Å². The first kappa shape index (κ1) is 20.1. The molecule has 0 atom stereocenters. The van der Waals surface area contributed by atoms with E-state index >= 15 is 0 Å². The van der Waals surface area contributed by atoms with E-state index in [4.69, 9.17) is 0 Å². The predicted octanol–water partition coefficient (Wildman–Crippen LogP) is 3.04. The third kappa shape index (κ3) is 5.01. The third-order valence-corrected chi connectivity index (χ3v) is 3.49. The number of hydrogen-bond donors (Lipinski definition) is 0. The van der Waals surface area contributed by atoms with E-state index in [-0.39, 0.29) is 6.61 Å². The molecule has 0 N–H and O–H groups in total. The van der Waals surface area contributed by atoms with Crippen LogP contribution >= 0.6 is 0 Å². The van der Waals surface area contributed by atoms with Crippen molar-refractivity contribution in [2.24, 2.45) is 0 Å². The molecule has 0 fully saturated rings. The van der Waals surface area contributed by atoms with Crippen molar-refractivity contribution in [1.29, 1.82) is 0 Å². The van der Waals surface area contributed by atoms with Crippen LogP contribution in [0, 0.1) is 0 Å². The van der Waals surface area contributed by atoms with E-state index in [1.54, 1.807) is 0 Å². The minimum Gasteiger partial charge on any atom is -0.466 e. The molecule has 0 aliphatic heterocycles. The highest BCUT2D eigenvalue weighted by molar-refractivity contribution is 7.88. The molecular weight excluding hydrogens is 370 g/mol. The molecule has 0 unspecified atom stereocenters. The standard InChI is InChI=1S/C12H10F6O5S/c1-2-22-10(19)6-7-5-8(3-4-9(7)11(13,14)15)23-24(20,21)12(16,17)18/h3-5H,2,6H2,1H3. The monoisotopic (exact) mass is 380 g/mol. The molecule has 5 nitrogen and oxygen atoms in total. The minimum absolute atomic E-state index is 0.126.